The van der Waals surface area contributed by atoms with Crippen molar-refractivity contribution in [2.75, 3.05) is 0 Å². The molecule has 0 spiro atoms. The molecular weight excluding hydrogens is 165 g/mol. The van der Waals surface area contributed by atoms with Crippen molar-refractivity contribution >= 4 is 57.9 Å². The first-order chi connectivity index (χ1) is 2.00. The van der Waals surface area contributed by atoms with Gasteiger partial charge in [0.05, 0.1) is 0 Å². The topological polar surface area (TPSA) is 31.5 Å². The van der Waals surface area contributed by atoms with Gasteiger partial charge in [0.15, 0.2) is 0 Å². The van der Waals surface area contributed by atoms with Gasteiger partial charge in [-0.1, -0.05) is 0 Å². The second-order valence-electron chi connectivity index (χ2n) is 0. The van der Waals surface area contributed by atoms with E-state index in [1.807, 2.05) is 0 Å². The van der Waals surface area contributed by atoms with Gasteiger partial charge < -0.3 is 5.48 Å². The maximum absolute atomic E-state index is 4.39. The number of halogens is 2. The summed E-state index contributed by atoms with van der Waals surface area (Å²) in [6.45, 7) is 0. The highest BCUT2D eigenvalue weighted by Gasteiger charge is 0.960. The fourth-order valence-electron chi connectivity index (χ4n) is 0. The number of hydrogen-bond acceptors (Lipinski definition) is 0. The van der Waals surface area contributed by atoms with Crippen LogP contribution in [0.2, 0.25) is 0 Å². The van der Waals surface area contributed by atoms with Crippen molar-refractivity contribution in [1.82, 2.24) is 0 Å². The van der Waals surface area contributed by atoms with Crippen LogP contribution in [0.5, 0.6) is 0 Å². The molecule has 0 fully saturated rings. The molecule has 0 heterocycles. The Morgan fingerprint density at radius 2 is 0.857 bits per heavy atom. The molecule has 5 heteroatoms. The van der Waals surface area contributed by atoms with Gasteiger partial charge in [-0.3, -0.25) is 0 Å². The van der Waals surface area contributed by atoms with Gasteiger partial charge in [-0.05, 0) is 0 Å². The van der Waals surface area contributed by atoms with E-state index in [-0.39, 0.29) is 43.1 Å². The van der Waals surface area contributed by atoms with Crippen molar-refractivity contribution in [3.63, 3.8) is 0 Å². The maximum Gasteiger partial charge on any atom is 0.0359 e. The van der Waals surface area contributed by atoms with E-state index in [2.05, 4.69) is 36.0 Å². The van der Waals surface area contributed by atoms with Crippen LogP contribution in [0.1, 0.15) is 2.85 Å². The Kier molecular flexibility index (Phi) is 705. The molecule has 44 valence electrons. The SMILES string of the molecule is O.[Al].[Al].[CH2]Cl.[CH2]Cl.[HH].[HH]. The molecule has 0 aromatic carbocycles. The van der Waals surface area contributed by atoms with Gasteiger partial charge in [-0.25, -0.2) is 0 Å². The molecule has 0 aliphatic rings. The third kappa shape index (κ3) is 92.8. The lowest BCUT2D eigenvalue weighted by Gasteiger charge is -1.05. The lowest BCUT2D eigenvalue weighted by Crippen LogP contribution is -0.660. The lowest BCUT2D eigenvalue weighted by atomic mass is 12.0. The third-order valence-corrected chi connectivity index (χ3v) is 0. The number of hydrogen-bond donors (Lipinski definition) is 0. The molecule has 1 nitrogen and oxygen atoms in total. The smallest absolute Gasteiger partial charge is 0.0359 e. The van der Waals surface area contributed by atoms with Crippen molar-refractivity contribution in [2.45, 2.75) is 0 Å². The highest BCUT2D eigenvalue weighted by molar-refractivity contribution is 6.19. The molecule has 7 heavy (non-hydrogen) atoms. The fraction of sp³-hybridized carbons (Fsp3) is 0. The van der Waals surface area contributed by atoms with Crippen molar-refractivity contribution in [3.8, 4) is 0 Å². The van der Waals surface area contributed by atoms with Gasteiger partial charge >= 0.3 is 0 Å². The third-order valence-electron chi connectivity index (χ3n) is 0. The molecule has 0 atom stereocenters. The van der Waals surface area contributed by atoms with E-state index < -0.39 is 0 Å². The number of rotatable bonds is 0. The molecule has 0 saturated carbocycles. The second kappa shape index (κ2) is 129. The van der Waals surface area contributed by atoms with Crippen LogP contribution in [0, 0.1) is 12.8 Å². The average molecular weight is 175 g/mol. The average Bonchev–Trinajstić information content (AvgIpc) is 1.50. The van der Waals surface area contributed by atoms with Crippen LogP contribution in [0.25, 0.3) is 0 Å². The van der Waals surface area contributed by atoms with Crippen LogP contribution in [-0.2, 0) is 0 Å². The largest absolute Gasteiger partial charge is 0.412 e. The molecule has 0 bridgehead atoms. The zero-order valence-electron chi connectivity index (χ0n) is 3.82. The molecule has 0 unspecified atom stereocenters. The minimum absolute atomic E-state index is 0. The van der Waals surface area contributed by atoms with Crippen LogP contribution >= 0.6 is 23.2 Å². The van der Waals surface area contributed by atoms with Gasteiger partial charge in [-0.15, -0.1) is 23.2 Å². The van der Waals surface area contributed by atoms with Crippen LogP contribution < -0.4 is 0 Å². The summed E-state index contributed by atoms with van der Waals surface area (Å²) in [5.74, 6) is 0. The van der Waals surface area contributed by atoms with Crippen molar-refractivity contribution in [3.05, 3.63) is 12.8 Å². The Morgan fingerprint density at radius 1 is 0.857 bits per heavy atom. The predicted octanol–water partition coefficient (Wildman–Crippen LogP) is 0.939. The van der Waals surface area contributed by atoms with E-state index in [4.69, 9.17) is 0 Å². The molecule has 2 N–H and O–H groups in total. The van der Waals surface area contributed by atoms with Crippen LogP contribution in [0.15, 0.2) is 0 Å². The maximum atomic E-state index is 4.39. The van der Waals surface area contributed by atoms with E-state index in [1.165, 1.54) is 0 Å². The minimum Gasteiger partial charge on any atom is -0.412 e. The highest BCUT2D eigenvalue weighted by atomic mass is 35.5. The van der Waals surface area contributed by atoms with E-state index in [0.29, 0.717) is 0 Å². The molecule has 0 aliphatic heterocycles. The first-order valence-electron chi connectivity index (χ1n) is 0.535. The Hall–Kier alpha value is 1.60. The van der Waals surface area contributed by atoms with Gasteiger partial charge in [-0.2, -0.15) is 0 Å². The zero-order valence-corrected chi connectivity index (χ0v) is 7.65. The van der Waals surface area contributed by atoms with Gasteiger partial charge in [0.2, 0.25) is 0 Å². The minimum atomic E-state index is 0. The summed E-state index contributed by atoms with van der Waals surface area (Å²) < 4.78 is 0. The van der Waals surface area contributed by atoms with Gasteiger partial charge in [0.25, 0.3) is 0 Å². The standard InChI is InChI=1S/2CH2Cl.2Al.H2O.2H2/c2*1-2;;;;;/h2*1H2;;;1H2;2*1H. The Balaban J connectivity index is -0.00000000114. The van der Waals surface area contributed by atoms with Crippen LogP contribution in [0.4, 0.5) is 0 Å². The fourth-order valence-corrected chi connectivity index (χ4v) is 0. The first kappa shape index (κ1) is 38.3. The summed E-state index contributed by atoms with van der Waals surface area (Å²) in [6.07, 6.45) is 5.44. The molecule has 8 radical (unpaired) electrons. The molecule has 0 aromatic rings. The van der Waals surface area contributed by atoms with Crippen LogP contribution in [0.3, 0.4) is 0 Å². The molecular formula is C2H10Al2Cl2O. The molecule has 0 saturated heterocycles. The van der Waals surface area contributed by atoms with Crippen molar-refractivity contribution in [1.29, 1.82) is 0 Å². The van der Waals surface area contributed by atoms with Crippen molar-refractivity contribution in [2.24, 2.45) is 0 Å². The second-order valence-corrected chi connectivity index (χ2v) is 0. The molecule has 0 aliphatic carbocycles. The highest BCUT2D eigenvalue weighted by Crippen LogP contribution is 1.43. The quantitative estimate of drug-likeness (QED) is 0.490. The predicted molar refractivity (Wildman–Crippen MR) is 41.8 cm³/mol. The summed E-state index contributed by atoms with van der Waals surface area (Å²) >= 11 is 8.78. The van der Waals surface area contributed by atoms with Crippen molar-refractivity contribution < 1.29 is 8.33 Å². The van der Waals surface area contributed by atoms with E-state index >= 15 is 0 Å². The van der Waals surface area contributed by atoms with E-state index in [9.17, 15) is 0 Å². The normalized spacial score (nSPS) is 1.71. The summed E-state index contributed by atoms with van der Waals surface area (Å²) in [6, 6.07) is 0. The summed E-state index contributed by atoms with van der Waals surface area (Å²) in [7, 11) is 0. The Bertz CT molecular complexity index is 20.5. The first-order valence-corrected chi connectivity index (χ1v) is 1.60. The Morgan fingerprint density at radius 3 is 0.857 bits per heavy atom. The zero-order chi connectivity index (χ0) is 4.00. The summed E-state index contributed by atoms with van der Waals surface area (Å²) in [5.41, 5.74) is 0. The van der Waals surface area contributed by atoms with E-state index in [0.717, 1.165) is 0 Å². The van der Waals surface area contributed by atoms with Crippen LogP contribution in [-0.4, -0.2) is 40.2 Å². The lowest BCUT2D eigenvalue weighted by molar-refractivity contribution is 0.824. The monoisotopic (exact) mass is 174 g/mol. The Labute approximate surface area is 78.9 Å². The molecule has 0 aromatic heterocycles. The van der Waals surface area contributed by atoms with Gasteiger partial charge in [0.1, 0.15) is 0 Å². The molecule has 0 amide bonds. The summed E-state index contributed by atoms with van der Waals surface area (Å²) in [4.78, 5) is 0. The molecule has 0 rings (SSSR count). The van der Waals surface area contributed by atoms with Gasteiger partial charge in [0, 0.05) is 50.3 Å². The van der Waals surface area contributed by atoms with E-state index in [1.54, 1.807) is 0 Å². The summed E-state index contributed by atoms with van der Waals surface area (Å²) in [5, 5.41) is 0.